The van der Waals surface area contributed by atoms with Crippen molar-refractivity contribution in [3.05, 3.63) is 87.7 Å². The van der Waals surface area contributed by atoms with Gasteiger partial charge in [-0.1, -0.05) is 23.7 Å². The summed E-state index contributed by atoms with van der Waals surface area (Å²) in [7, 11) is 0. The number of ether oxygens (including phenoxy) is 2. The molecule has 2 N–H and O–H groups in total. The minimum atomic E-state index is -0.816. The highest BCUT2D eigenvalue weighted by Crippen LogP contribution is 2.41. The van der Waals surface area contributed by atoms with Gasteiger partial charge < -0.3 is 15.2 Å². The summed E-state index contributed by atoms with van der Waals surface area (Å²) in [5, 5.41) is 10.3. The first kappa shape index (κ1) is 21.8. The molecule has 0 bridgehead atoms. The van der Waals surface area contributed by atoms with Crippen LogP contribution < -0.4 is 5.73 Å². The molecule has 0 amide bonds. The Morgan fingerprint density at radius 2 is 1.93 bits per heavy atom. The second-order valence-electron chi connectivity index (χ2n) is 6.28. The van der Waals surface area contributed by atoms with Crippen LogP contribution >= 0.6 is 23.4 Å². The highest BCUT2D eigenvalue weighted by Gasteiger charge is 2.37. The Labute approximate surface area is 182 Å². The van der Waals surface area contributed by atoms with Crippen molar-refractivity contribution in [2.45, 2.75) is 17.7 Å². The number of allylic oxidation sites excluding steroid dienone is 1. The van der Waals surface area contributed by atoms with Gasteiger partial charge in [-0.15, -0.1) is 11.8 Å². The number of carbonyl (C=O) groups excluding carboxylic acids is 1. The van der Waals surface area contributed by atoms with E-state index in [4.69, 9.17) is 26.8 Å². The Kier molecular flexibility index (Phi) is 7.03. The molecule has 0 fully saturated rings. The predicted molar refractivity (Wildman–Crippen MR) is 113 cm³/mol. The van der Waals surface area contributed by atoms with Crippen molar-refractivity contribution in [1.82, 2.24) is 0 Å². The van der Waals surface area contributed by atoms with E-state index in [0.717, 1.165) is 4.90 Å². The lowest BCUT2D eigenvalue weighted by Crippen LogP contribution is -2.27. The summed E-state index contributed by atoms with van der Waals surface area (Å²) in [4.78, 5) is 13.8. The molecule has 1 aliphatic rings. The number of hydrogen-bond donors (Lipinski definition) is 1. The predicted octanol–water partition coefficient (Wildman–Crippen LogP) is 4.90. The van der Waals surface area contributed by atoms with Crippen molar-refractivity contribution in [3.63, 3.8) is 0 Å². The van der Waals surface area contributed by atoms with Crippen LogP contribution in [-0.2, 0) is 14.3 Å². The minimum Gasteiger partial charge on any atom is -0.463 e. The Morgan fingerprint density at radius 1 is 1.27 bits per heavy atom. The van der Waals surface area contributed by atoms with E-state index >= 15 is 0 Å². The molecular weight excluding hydrogens is 427 g/mol. The van der Waals surface area contributed by atoms with Gasteiger partial charge in [0.2, 0.25) is 5.88 Å². The molecule has 1 unspecified atom stereocenters. The number of rotatable bonds is 6. The van der Waals surface area contributed by atoms with Crippen molar-refractivity contribution in [1.29, 1.82) is 5.26 Å². The van der Waals surface area contributed by atoms with Gasteiger partial charge in [-0.3, -0.25) is 0 Å². The third-order valence-electron chi connectivity index (χ3n) is 4.38. The van der Waals surface area contributed by atoms with Crippen LogP contribution in [0.4, 0.5) is 4.39 Å². The fraction of sp³-hybridized carbons (Fsp3) is 0.182. The van der Waals surface area contributed by atoms with Crippen LogP contribution in [0.5, 0.6) is 0 Å². The molecule has 0 spiro atoms. The number of nitrogens with two attached hydrogens (primary N) is 1. The summed E-state index contributed by atoms with van der Waals surface area (Å²) in [6, 6.07) is 14.8. The van der Waals surface area contributed by atoms with E-state index < -0.39 is 17.7 Å². The first-order valence-electron chi connectivity index (χ1n) is 9.06. The maximum Gasteiger partial charge on any atom is 0.338 e. The quantitative estimate of drug-likeness (QED) is 0.504. The Balaban J connectivity index is 2.05. The minimum absolute atomic E-state index is 0.0740. The number of nitrogens with zero attached hydrogens (tertiary/aromatic N) is 1. The van der Waals surface area contributed by atoms with Crippen LogP contribution in [0.2, 0.25) is 5.02 Å². The van der Waals surface area contributed by atoms with Crippen molar-refractivity contribution in [3.8, 4) is 6.07 Å². The van der Waals surface area contributed by atoms with Gasteiger partial charge in [0.25, 0.3) is 0 Å². The van der Waals surface area contributed by atoms with Crippen LogP contribution in [0.3, 0.4) is 0 Å². The van der Waals surface area contributed by atoms with Gasteiger partial charge in [-0.2, -0.15) is 5.26 Å². The number of carbonyl (C=O) groups is 1. The van der Waals surface area contributed by atoms with Crippen LogP contribution in [0.1, 0.15) is 18.4 Å². The summed E-state index contributed by atoms with van der Waals surface area (Å²) < 4.78 is 24.4. The third-order valence-corrected chi connectivity index (χ3v) is 5.64. The lowest BCUT2D eigenvalue weighted by molar-refractivity contribution is -0.139. The first-order valence-corrected chi connectivity index (χ1v) is 10.4. The second-order valence-corrected chi connectivity index (χ2v) is 7.76. The van der Waals surface area contributed by atoms with Crippen LogP contribution in [0.15, 0.2) is 76.2 Å². The molecule has 1 atom stereocenters. The van der Waals surface area contributed by atoms with Crippen molar-refractivity contribution in [2.75, 3.05) is 12.4 Å². The molecule has 30 heavy (non-hydrogen) atoms. The zero-order chi connectivity index (χ0) is 21.7. The van der Waals surface area contributed by atoms with Gasteiger partial charge in [0.15, 0.2) is 0 Å². The van der Waals surface area contributed by atoms with Crippen LogP contribution in [-0.4, -0.2) is 18.3 Å². The molecule has 8 heteroatoms. The van der Waals surface area contributed by atoms with Gasteiger partial charge in [0, 0.05) is 9.92 Å². The Hall–Kier alpha value is -2.95. The first-order chi connectivity index (χ1) is 14.4. The smallest absolute Gasteiger partial charge is 0.338 e. The van der Waals surface area contributed by atoms with Crippen molar-refractivity contribution < 1.29 is 18.7 Å². The van der Waals surface area contributed by atoms with E-state index in [1.807, 2.05) is 18.2 Å². The van der Waals surface area contributed by atoms with E-state index in [9.17, 15) is 14.4 Å². The second kappa shape index (κ2) is 9.70. The molecule has 3 rings (SSSR count). The SMILES string of the molecule is CCOC(=O)C1=C(CSc2ccc(Cl)cc2)OC(N)=C(C#N)C1c1ccc(F)cc1. The highest BCUT2D eigenvalue weighted by atomic mass is 35.5. The molecule has 154 valence electrons. The average Bonchev–Trinajstić information content (AvgIpc) is 2.73. The van der Waals surface area contributed by atoms with E-state index in [0.29, 0.717) is 16.3 Å². The lowest BCUT2D eigenvalue weighted by Gasteiger charge is -2.28. The molecule has 0 aromatic heterocycles. The van der Waals surface area contributed by atoms with E-state index in [1.54, 1.807) is 19.1 Å². The molecule has 1 heterocycles. The molecule has 2 aromatic carbocycles. The number of esters is 1. The average molecular weight is 445 g/mol. The normalized spacial score (nSPS) is 16.1. The molecule has 5 nitrogen and oxygen atoms in total. The van der Waals surface area contributed by atoms with Gasteiger partial charge in [-0.05, 0) is 48.9 Å². The van der Waals surface area contributed by atoms with Gasteiger partial charge >= 0.3 is 5.97 Å². The molecule has 1 aliphatic heterocycles. The summed E-state index contributed by atoms with van der Waals surface area (Å²) in [6.45, 7) is 1.84. The Bertz CT molecular complexity index is 1040. The number of benzene rings is 2. The molecule has 0 aliphatic carbocycles. The third kappa shape index (κ3) is 4.78. The van der Waals surface area contributed by atoms with E-state index in [2.05, 4.69) is 0 Å². The van der Waals surface area contributed by atoms with E-state index in [1.165, 1.54) is 36.0 Å². The lowest BCUT2D eigenvalue weighted by atomic mass is 9.83. The maximum atomic E-state index is 13.5. The highest BCUT2D eigenvalue weighted by molar-refractivity contribution is 7.99. The molecule has 0 radical (unpaired) electrons. The summed E-state index contributed by atoms with van der Waals surface area (Å²) >= 11 is 7.34. The fourth-order valence-electron chi connectivity index (χ4n) is 3.03. The molecule has 0 saturated heterocycles. The molecular formula is C22H18ClFN2O3S. The Morgan fingerprint density at radius 3 is 2.53 bits per heavy atom. The zero-order valence-electron chi connectivity index (χ0n) is 16.0. The van der Waals surface area contributed by atoms with Crippen LogP contribution in [0, 0.1) is 17.1 Å². The van der Waals surface area contributed by atoms with Gasteiger partial charge in [-0.25, -0.2) is 9.18 Å². The monoisotopic (exact) mass is 444 g/mol. The van der Waals surface area contributed by atoms with Gasteiger partial charge in [0.05, 0.1) is 23.9 Å². The maximum absolute atomic E-state index is 13.5. The van der Waals surface area contributed by atoms with Crippen molar-refractivity contribution in [2.24, 2.45) is 5.73 Å². The summed E-state index contributed by atoms with van der Waals surface area (Å²) in [6.07, 6.45) is 0. The number of halogens is 2. The van der Waals surface area contributed by atoms with Gasteiger partial charge in [0.1, 0.15) is 23.2 Å². The fourth-order valence-corrected chi connectivity index (χ4v) is 3.99. The van der Waals surface area contributed by atoms with Crippen molar-refractivity contribution >= 4 is 29.3 Å². The summed E-state index contributed by atoms with van der Waals surface area (Å²) in [5.41, 5.74) is 6.80. The van der Waals surface area contributed by atoms with E-state index in [-0.39, 0.29) is 29.4 Å². The van der Waals surface area contributed by atoms with Crippen LogP contribution in [0.25, 0.3) is 0 Å². The largest absolute Gasteiger partial charge is 0.463 e. The number of hydrogen-bond acceptors (Lipinski definition) is 6. The standard InChI is InChI=1S/C22H18ClFN2O3S/c1-2-28-22(27)20-18(12-30-16-9-5-14(23)6-10-16)29-21(26)17(11-25)19(20)13-3-7-15(24)8-4-13/h3-10,19H,2,12,26H2,1H3. The number of thioether (sulfide) groups is 1. The zero-order valence-corrected chi connectivity index (χ0v) is 17.6. The number of nitriles is 1. The molecule has 0 saturated carbocycles. The topological polar surface area (TPSA) is 85.3 Å². The summed E-state index contributed by atoms with van der Waals surface area (Å²) in [5.74, 6) is -1.39. The molecule has 2 aromatic rings.